The van der Waals surface area contributed by atoms with Gasteiger partial charge in [0.05, 0.1) is 6.61 Å². The number of esters is 1. The fourth-order valence-corrected chi connectivity index (χ4v) is 1.06. The number of hydrogen-bond acceptors (Lipinski definition) is 3. The number of rotatable bonds is 8. The molecule has 0 aliphatic heterocycles. The van der Waals surface area contributed by atoms with Gasteiger partial charge >= 0.3 is 5.97 Å². The Bertz CT molecular complexity index is 143. The zero-order valence-electron chi connectivity index (χ0n) is 9.29. The van der Waals surface area contributed by atoms with E-state index in [0.29, 0.717) is 18.9 Å². The first-order valence-electron chi connectivity index (χ1n) is 5.43. The van der Waals surface area contributed by atoms with E-state index in [2.05, 4.69) is 13.8 Å². The van der Waals surface area contributed by atoms with Crippen molar-refractivity contribution in [1.82, 2.24) is 0 Å². The van der Waals surface area contributed by atoms with Crippen LogP contribution in [0.3, 0.4) is 0 Å². The van der Waals surface area contributed by atoms with E-state index in [1.54, 1.807) is 0 Å². The number of carbonyl (C=O) groups excluding carboxylic acids is 1. The molecular weight excluding hydrogens is 180 g/mol. The molecule has 0 saturated carbocycles. The smallest absolute Gasteiger partial charge is 0.305 e. The Morgan fingerprint density at radius 1 is 1.29 bits per heavy atom. The van der Waals surface area contributed by atoms with Crippen LogP contribution in [-0.4, -0.2) is 24.3 Å². The molecule has 0 saturated heterocycles. The van der Waals surface area contributed by atoms with Crippen LogP contribution in [0.5, 0.6) is 0 Å². The Hall–Kier alpha value is -0.570. The van der Waals surface area contributed by atoms with Crippen LogP contribution in [-0.2, 0) is 9.53 Å². The van der Waals surface area contributed by atoms with E-state index in [-0.39, 0.29) is 12.6 Å². The molecule has 0 aliphatic carbocycles. The van der Waals surface area contributed by atoms with Crippen LogP contribution in [0.4, 0.5) is 0 Å². The summed E-state index contributed by atoms with van der Waals surface area (Å²) >= 11 is 0. The molecule has 0 radical (unpaired) electrons. The Labute approximate surface area is 86.5 Å². The van der Waals surface area contributed by atoms with Crippen molar-refractivity contribution in [2.24, 2.45) is 5.92 Å². The normalized spacial score (nSPS) is 10.6. The summed E-state index contributed by atoms with van der Waals surface area (Å²) in [6.45, 7) is 4.90. The van der Waals surface area contributed by atoms with Gasteiger partial charge in [-0.1, -0.05) is 13.8 Å². The second-order valence-electron chi connectivity index (χ2n) is 3.94. The van der Waals surface area contributed by atoms with E-state index in [0.717, 1.165) is 25.7 Å². The van der Waals surface area contributed by atoms with Crippen LogP contribution < -0.4 is 0 Å². The minimum absolute atomic E-state index is 0.0947. The lowest BCUT2D eigenvalue weighted by molar-refractivity contribution is -0.144. The molecule has 3 heteroatoms. The van der Waals surface area contributed by atoms with Gasteiger partial charge < -0.3 is 9.84 Å². The average molecular weight is 202 g/mol. The summed E-state index contributed by atoms with van der Waals surface area (Å²) in [7, 11) is 0. The number of aliphatic hydroxyl groups is 1. The first-order valence-corrected chi connectivity index (χ1v) is 5.43. The predicted octanol–water partition coefficient (Wildman–Crippen LogP) is 2.13. The lowest BCUT2D eigenvalue weighted by Crippen LogP contribution is -2.07. The number of unbranched alkanes of at least 4 members (excludes halogenated alkanes) is 2. The summed E-state index contributed by atoms with van der Waals surface area (Å²) < 4.78 is 5.02. The minimum Gasteiger partial charge on any atom is -0.466 e. The van der Waals surface area contributed by atoms with E-state index in [4.69, 9.17) is 9.84 Å². The fourth-order valence-electron chi connectivity index (χ4n) is 1.06. The van der Waals surface area contributed by atoms with Crippen LogP contribution in [0.15, 0.2) is 0 Å². The fraction of sp³-hybridized carbons (Fsp3) is 0.909. The zero-order valence-corrected chi connectivity index (χ0v) is 9.29. The summed E-state index contributed by atoms with van der Waals surface area (Å²) in [6, 6.07) is 0. The highest BCUT2D eigenvalue weighted by Crippen LogP contribution is 2.05. The molecule has 1 N–H and O–H groups in total. The predicted molar refractivity (Wildman–Crippen MR) is 56.0 cm³/mol. The van der Waals surface area contributed by atoms with Crippen LogP contribution in [0, 0.1) is 5.92 Å². The summed E-state index contributed by atoms with van der Waals surface area (Å²) in [5, 5.41) is 8.51. The van der Waals surface area contributed by atoms with Crippen molar-refractivity contribution < 1.29 is 14.6 Å². The molecule has 0 heterocycles. The monoisotopic (exact) mass is 202 g/mol. The highest BCUT2D eigenvalue weighted by atomic mass is 16.5. The molecule has 0 aromatic carbocycles. The van der Waals surface area contributed by atoms with Crippen molar-refractivity contribution in [3.8, 4) is 0 Å². The molecule has 0 aromatic rings. The zero-order chi connectivity index (χ0) is 10.8. The molecular formula is C11H22O3. The molecule has 0 aliphatic rings. The van der Waals surface area contributed by atoms with Gasteiger partial charge in [0, 0.05) is 13.0 Å². The van der Waals surface area contributed by atoms with Gasteiger partial charge in [-0.05, 0) is 31.6 Å². The lowest BCUT2D eigenvalue weighted by atomic mass is 10.1. The van der Waals surface area contributed by atoms with E-state index >= 15 is 0 Å². The lowest BCUT2D eigenvalue weighted by Gasteiger charge is -2.05. The molecule has 3 nitrogen and oxygen atoms in total. The quantitative estimate of drug-likeness (QED) is 0.484. The highest BCUT2D eigenvalue weighted by Gasteiger charge is 2.03. The average Bonchev–Trinajstić information content (AvgIpc) is 2.14. The Balaban J connectivity index is 3.18. The van der Waals surface area contributed by atoms with Crippen molar-refractivity contribution in [1.29, 1.82) is 0 Å². The summed E-state index contributed by atoms with van der Waals surface area (Å²) in [6.07, 6.45) is 4.00. The second kappa shape index (κ2) is 9.00. The molecule has 0 bridgehead atoms. The molecule has 84 valence electrons. The third-order valence-corrected chi connectivity index (χ3v) is 1.99. The third-order valence-electron chi connectivity index (χ3n) is 1.99. The number of ether oxygens (including phenoxy) is 1. The van der Waals surface area contributed by atoms with Crippen molar-refractivity contribution in [3.05, 3.63) is 0 Å². The van der Waals surface area contributed by atoms with Crippen molar-refractivity contribution >= 4 is 5.97 Å². The van der Waals surface area contributed by atoms with E-state index < -0.39 is 0 Å². The minimum atomic E-state index is -0.0947. The maximum Gasteiger partial charge on any atom is 0.305 e. The third kappa shape index (κ3) is 9.52. The molecule has 0 aromatic heterocycles. The summed E-state index contributed by atoms with van der Waals surface area (Å²) in [5.74, 6) is 0.458. The van der Waals surface area contributed by atoms with Crippen LogP contribution >= 0.6 is 0 Å². The largest absolute Gasteiger partial charge is 0.466 e. The molecule has 0 fully saturated rings. The molecule has 14 heavy (non-hydrogen) atoms. The van der Waals surface area contributed by atoms with Gasteiger partial charge in [0.15, 0.2) is 0 Å². The van der Waals surface area contributed by atoms with Gasteiger partial charge in [0.2, 0.25) is 0 Å². The van der Waals surface area contributed by atoms with E-state index in [1.807, 2.05) is 0 Å². The summed E-state index contributed by atoms with van der Waals surface area (Å²) in [4.78, 5) is 11.1. The molecule has 0 rings (SSSR count). The Morgan fingerprint density at radius 2 is 2.00 bits per heavy atom. The first kappa shape index (κ1) is 13.4. The standard InChI is InChI=1S/C11H22O3/c1-10(2)6-7-11(13)14-9-5-3-4-8-12/h10,12H,3-9H2,1-2H3. The van der Waals surface area contributed by atoms with Crippen LogP contribution in [0.2, 0.25) is 0 Å². The van der Waals surface area contributed by atoms with Gasteiger partial charge in [0.1, 0.15) is 0 Å². The Kier molecular flexibility index (Phi) is 8.64. The number of hydrogen-bond donors (Lipinski definition) is 1. The van der Waals surface area contributed by atoms with E-state index in [1.165, 1.54) is 0 Å². The van der Waals surface area contributed by atoms with Gasteiger partial charge in [-0.3, -0.25) is 4.79 Å². The molecule has 0 atom stereocenters. The van der Waals surface area contributed by atoms with Crippen molar-refractivity contribution in [2.45, 2.75) is 46.0 Å². The SMILES string of the molecule is CC(C)CCC(=O)OCCCCCO. The molecule has 0 unspecified atom stereocenters. The number of carbonyl (C=O) groups is 1. The topological polar surface area (TPSA) is 46.5 Å². The number of aliphatic hydroxyl groups excluding tert-OH is 1. The first-order chi connectivity index (χ1) is 6.66. The van der Waals surface area contributed by atoms with Crippen molar-refractivity contribution in [2.75, 3.05) is 13.2 Å². The van der Waals surface area contributed by atoms with Gasteiger partial charge in [0.25, 0.3) is 0 Å². The van der Waals surface area contributed by atoms with E-state index in [9.17, 15) is 4.79 Å². The maximum atomic E-state index is 11.1. The van der Waals surface area contributed by atoms with Gasteiger partial charge in [-0.2, -0.15) is 0 Å². The Morgan fingerprint density at radius 3 is 2.57 bits per heavy atom. The molecule has 0 spiro atoms. The second-order valence-corrected chi connectivity index (χ2v) is 3.94. The maximum absolute atomic E-state index is 11.1. The van der Waals surface area contributed by atoms with Crippen LogP contribution in [0.1, 0.15) is 46.0 Å². The van der Waals surface area contributed by atoms with Gasteiger partial charge in [-0.25, -0.2) is 0 Å². The highest BCUT2D eigenvalue weighted by molar-refractivity contribution is 5.69. The molecule has 0 amide bonds. The summed E-state index contributed by atoms with van der Waals surface area (Å²) in [5.41, 5.74) is 0. The van der Waals surface area contributed by atoms with Crippen LogP contribution in [0.25, 0.3) is 0 Å². The van der Waals surface area contributed by atoms with Crippen molar-refractivity contribution in [3.63, 3.8) is 0 Å². The van der Waals surface area contributed by atoms with Gasteiger partial charge in [-0.15, -0.1) is 0 Å².